The van der Waals surface area contributed by atoms with E-state index in [9.17, 15) is 14.7 Å². The molecule has 3 heterocycles. The first-order chi connectivity index (χ1) is 17.3. The number of hydrogen-bond acceptors (Lipinski definition) is 14. The van der Waals surface area contributed by atoms with Crippen molar-refractivity contribution < 1.29 is 22.3 Å². The molecule has 0 aliphatic carbocycles. The molecule has 2 fully saturated rings. The zero-order valence-electron chi connectivity index (χ0n) is 21.7. The van der Waals surface area contributed by atoms with Crippen LogP contribution in [0.3, 0.4) is 0 Å². The molecule has 2 saturated heterocycles. The lowest BCUT2D eigenvalue weighted by atomic mass is 10.0. The highest BCUT2D eigenvalue weighted by Crippen LogP contribution is 2.29. The minimum Gasteiger partial charge on any atom is -0.506 e. The zero-order valence-corrected chi connectivity index (χ0v) is 21.7. The number of nitrogens with zero attached hydrogens (tertiary/aromatic N) is 5. The van der Waals surface area contributed by atoms with Gasteiger partial charge in [-0.2, -0.15) is 15.0 Å². The highest BCUT2D eigenvalue weighted by atomic mass is 16.5. The Bertz CT molecular complexity index is 1100. The summed E-state index contributed by atoms with van der Waals surface area (Å²) in [6, 6.07) is 4.47. The molecule has 0 radical (unpaired) electrons. The molecule has 0 spiro atoms. The molecule has 4 rings (SSSR count). The molecule has 13 N–H and O–H groups in total. The molecule has 38 heavy (non-hydrogen) atoms. The van der Waals surface area contributed by atoms with Gasteiger partial charge in [0, 0.05) is 52.9 Å². The van der Waals surface area contributed by atoms with Gasteiger partial charge in [-0.05, 0) is 37.8 Å². The van der Waals surface area contributed by atoms with E-state index in [2.05, 4.69) is 30.2 Å². The van der Waals surface area contributed by atoms with Gasteiger partial charge in [-0.15, -0.1) is 0 Å². The van der Waals surface area contributed by atoms with Crippen LogP contribution in [0.2, 0.25) is 0 Å². The number of piperidine rings is 2. The fourth-order valence-corrected chi connectivity index (χ4v) is 4.37. The van der Waals surface area contributed by atoms with Crippen LogP contribution in [0.5, 0.6) is 5.75 Å². The molecule has 214 valence electrons. The third-order valence-electron chi connectivity index (χ3n) is 6.11. The summed E-state index contributed by atoms with van der Waals surface area (Å²) < 4.78 is 4.48. The topological polar surface area (TPSA) is 255 Å². The Balaban J connectivity index is 0.00000380. The lowest BCUT2D eigenvalue weighted by Crippen LogP contribution is -2.53. The number of esters is 1. The summed E-state index contributed by atoms with van der Waals surface area (Å²) in [5, 5.41) is 16.0. The minimum atomic E-state index is -0.670. The number of ether oxygens (including phenoxy) is 1. The fourth-order valence-electron chi connectivity index (χ4n) is 4.37. The summed E-state index contributed by atoms with van der Waals surface area (Å²) in [7, 11) is 1.20. The van der Waals surface area contributed by atoms with Crippen molar-refractivity contribution in [3.63, 3.8) is 0 Å². The van der Waals surface area contributed by atoms with E-state index in [-0.39, 0.29) is 38.7 Å². The summed E-state index contributed by atoms with van der Waals surface area (Å²) >= 11 is 0. The van der Waals surface area contributed by atoms with Gasteiger partial charge in [-0.25, -0.2) is 0 Å². The Morgan fingerprint density at radius 1 is 1.05 bits per heavy atom. The van der Waals surface area contributed by atoms with Gasteiger partial charge in [0.1, 0.15) is 12.2 Å². The number of benzene rings is 1. The molecule has 2 aliphatic heterocycles. The van der Waals surface area contributed by atoms with Crippen molar-refractivity contribution in [3.05, 3.63) is 18.2 Å². The molecule has 1 amide bonds. The molecule has 15 nitrogen and oxygen atoms in total. The quantitative estimate of drug-likeness (QED) is 0.150. The Kier molecular flexibility index (Phi) is 10.9. The lowest BCUT2D eigenvalue weighted by Gasteiger charge is -2.35. The summed E-state index contributed by atoms with van der Waals surface area (Å²) in [6.45, 7) is 2.92. The molecule has 1 aromatic carbocycles. The molecular weight excluding hydrogens is 494 g/mol. The van der Waals surface area contributed by atoms with Gasteiger partial charge in [-0.1, -0.05) is 0 Å². The Morgan fingerprint density at radius 2 is 1.68 bits per heavy atom. The monoisotopic (exact) mass is 537 g/mol. The average Bonchev–Trinajstić information content (AvgIpc) is 2.85. The van der Waals surface area contributed by atoms with Gasteiger partial charge in [0.05, 0.1) is 12.8 Å². The number of aromatic hydroxyl groups is 1. The van der Waals surface area contributed by atoms with Crippen LogP contribution < -0.4 is 44.2 Å². The largest absolute Gasteiger partial charge is 0.506 e. The van der Waals surface area contributed by atoms with Gasteiger partial charge in [0.25, 0.3) is 0 Å². The van der Waals surface area contributed by atoms with Crippen LogP contribution in [0, 0.1) is 0 Å². The Hall–Kier alpha value is -3.79. The maximum atomic E-state index is 11.9. The Morgan fingerprint density at radius 3 is 2.29 bits per heavy atom. The van der Waals surface area contributed by atoms with E-state index in [1.165, 1.54) is 25.7 Å². The van der Waals surface area contributed by atoms with E-state index in [1.54, 1.807) is 6.07 Å². The summed E-state index contributed by atoms with van der Waals surface area (Å²) in [4.78, 5) is 41.3. The second-order valence-corrected chi connectivity index (χ2v) is 9.13. The van der Waals surface area contributed by atoms with Crippen molar-refractivity contribution in [2.24, 2.45) is 11.5 Å². The number of methoxy groups -OCH3 is 1. The number of amides is 1. The minimum absolute atomic E-state index is 0. The van der Waals surface area contributed by atoms with Crippen LogP contribution in [0.1, 0.15) is 35.0 Å². The highest BCUT2D eigenvalue weighted by molar-refractivity contribution is 6.02. The van der Waals surface area contributed by atoms with Gasteiger partial charge >= 0.3 is 5.97 Å². The van der Waals surface area contributed by atoms with Crippen LogP contribution in [-0.4, -0.2) is 77.3 Å². The third-order valence-corrected chi connectivity index (χ3v) is 6.11. The van der Waals surface area contributed by atoms with E-state index in [0.29, 0.717) is 36.6 Å². The maximum Gasteiger partial charge on any atom is 0.315 e. The van der Waals surface area contributed by atoms with Crippen molar-refractivity contribution in [1.29, 1.82) is 0 Å². The highest BCUT2D eigenvalue weighted by Gasteiger charge is 2.26. The average molecular weight is 538 g/mol. The number of phenolic OH excluding ortho intramolecular Hbond substituents is 1. The smallest absolute Gasteiger partial charge is 0.315 e. The number of nitrogens with two attached hydrogens (primary N) is 2. The number of carbonyl (C=O) groups is 2. The SMILES string of the molecule is COC(=O)CC(=O)Nc1ccc(Nc2nc(N3CCCCC3)nc(N3C[C@H](N)C[C@H](N)C3)n2)cc1O.N.N.[HH].[HH]. The fraction of sp³-hybridized carbons (Fsp3) is 0.522. The van der Waals surface area contributed by atoms with Crippen LogP contribution in [0.4, 0.5) is 29.2 Å². The van der Waals surface area contributed by atoms with E-state index < -0.39 is 18.3 Å². The predicted octanol–water partition coefficient (Wildman–Crippen LogP) is 1.49. The van der Waals surface area contributed by atoms with E-state index in [0.717, 1.165) is 32.4 Å². The van der Waals surface area contributed by atoms with Crippen molar-refractivity contribution >= 4 is 41.1 Å². The normalized spacial score (nSPS) is 19.0. The number of phenols is 1. The zero-order chi connectivity index (χ0) is 25.7. The van der Waals surface area contributed by atoms with Crippen molar-refractivity contribution in [1.82, 2.24) is 27.3 Å². The van der Waals surface area contributed by atoms with Gasteiger partial charge in [-0.3, -0.25) is 9.59 Å². The summed E-state index contributed by atoms with van der Waals surface area (Å²) in [6.07, 6.45) is 3.61. The van der Waals surface area contributed by atoms with Crippen molar-refractivity contribution in [2.45, 2.75) is 44.2 Å². The summed E-state index contributed by atoms with van der Waals surface area (Å²) in [5.74, 6) is -0.0625. The van der Waals surface area contributed by atoms with Crippen molar-refractivity contribution in [2.75, 3.05) is 53.7 Å². The standard InChI is InChI=1S/C23H33N9O4.2H3N.2H2/c1-36-20(35)11-19(34)27-17-6-5-16(10-18(17)33)26-21-28-22(31-7-3-2-4-8-31)30-23(29-21)32-12-14(24)9-15(25)13-32;;;;/h5-6,10,14-15,33H,2-4,7-9,11-13,24-25H2,1H3,(H,27,34)(H,26,28,29,30);2*1H3;2*1H/t14-,15+;;;;. The molecule has 1 aromatic heterocycles. The van der Waals surface area contributed by atoms with Crippen LogP contribution in [-0.2, 0) is 14.3 Å². The van der Waals surface area contributed by atoms with Crippen molar-refractivity contribution in [3.8, 4) is 5.75 Å². The molecule has 2 aromatic rings. The molecule has 0 bridgehead atoms. The first-order valence-electron chi connectivity index (χ1n) is 12.0. The molecule has 2 atom stereocenters. The first-order valence-corrected chi connectivity index (χ1v) is 12.0. The summed E-state index contributed by atoms with van der Waals surface area (Å²) in [5.41, 5.74) is 13.1. The van der Waals surface area contributed by atoms with Gasteiger partial charge in [0.15, 0.2) is 0 Å². The number of aromatic nitrogens is 3. The first kappa shape index (κ1) is 30.4. The molecule has 0 unspecified atom stereocenters. The molecule has 2 aliphatic rings. The second-order valence-electron chi connectivity index (χ2n) is 9.13. The van der Waals surface area contributed by atoms with E-state index >= 15 is 0 Å². The number of hydrogen-bond donors (Lipinski definition) is 7. The molecule has 0 saturated carbocycles. The predicted molar refractivity (Wildman–Crippen MR) is 150 cm³/mol. The Labute approximate surface area is 224 Å². The second kappa shape index (κ2) is 13.7. The van der Waals surface area contributed by atoms with Crippen LogP contribution in [0.25, 0.3) is 0 Å². The van der Waals surface area contributed by atoms with Crippen LogP contribution in [0.15, 0.2) is 18.2 Å². The molecule has 15 heteroatoms. The van der Waals surface area contributed by atoms with E-state index in [4.69, 9.17) is 16.5 Å². The number of carbonyl (C=O) groups excluding carboxylic acids is 2. The molecular formula is C23H43N11O4. The van der Waals surface area contributed by atoms with Crippen LogP contribution >= 0.6 is 0 Å². The third kappa shape index (κ3) is 7.85. The number of rotatable bonds is 7. The lowest BCUT2D eigenvalue weighted by molar-refractivity contribution is -0.142. The van der Waals surface area contributed by atoms with Gasteiger partial charge < -0.3 is 54.0 Å². The number of nitrogens with one attached hydrogen (secondary N) is 2. The maximum absolute atomic E-state index is 11.9. The number of anilines is 5. The van der Waals surface area contributed by atoms with Gasteiger partial charge in [0.2, 0.25) is 23.8 Å². The van der Waals surface area contributed by atoms with E-state index in [1.807, 2.05) is 4.90 Å².